The minimum atomic E-state index is 0.455. The van der Waals surface area contributed by atoms with Crippen molar-refractivity contribution < 1.29 is 0 Å². The zero-order valence-corrected chi connectivity index (χ0v) is 8.84. The van der Waals surface area contributed by atoms with Gasteiger partial charge in [-0.1, -0.05) is 33.1 Å². The molecular formula is C11H23N. The zero-order chi connectivity index (χ0) is 9.40. The summed E-state index contributed by atoms with van der Waals surface area (Å²) in [6, 6.07) is 0.455. The van der Waals surface area contributed by atoms with Gasteiger partial charge in [-0.3, -0.25) is 4.99 Å². The number of nitrogens with zero attached hydrogens (tertiary/aromatic N) is 1. The molecule has 72 valence electrons. The number of aliphatic imine (C=N–C) groups is 1. The quantitative estimate of drug-likeness (QED) is 0.515. The van der Waals surface area contributed by atoms with Crippen LogP contribution in [0.5, 0.6) is 0 Å². The molecule has 0 bridgehead atoms. The molecule has 0 fully saturated rings. The van der Waals surface area contributed by atoms with Gasteiger partial charge in [0.2, 0.25) is 0 Å². The van der Waals surface area contributed by atoms with Gasteiger partial charge in [0.25, 0.3) is 0 Å². The van der Waals surface area contributed by atoms with Gasteiger partial charge in [0.1, 0.15) is 0 Å². The van der Waals surface area contributed by atoms with Crippen molar-refractivity contribution in [1.82, 2.24) is 0 Å². The third-order valence-corrected chi connectivity index (χ3v) is 2.56. The summed E-state index contributed by atoms with van der Waals surface area (Å²) in [7, 11) is 0. The molecule has 1 heteroatoms. The molecule has 0 aliphatic heterocycles. The number of unbranched alkanes of at least 4 members (excludes halogenated alkanes) is 1. The van der Waals surface area contributed by atoms with Crippen molar-refractivity contribution in [2.75, 3.05) is 0 Å². The predicted octanol–water partition coefficient (Wildman–Crippen LogP) is 3.68. The molecule has 0 radical (unpaired) electrons. The highest BCUT2D eigenvalue weighted by atomic mass is 14.7. The molecule has 0 heterocycles. The van der Waals surface area contributed by atoms with Crippen molar-refractivity contribution in [3.8, 4) is 0 Å². The molecule has 2 unspecified atom stereocenters. The second-order valence-electron chi connectivity index (χ2n) is 3.61. The number of hydrogen-bond acceptors (Lipinski definition) is 1. The van der Waals surface area contributed by atoms with Gasteiger partial charge in [-0.25, -0.2) is 0 Å². The zero-order valence-electron chi connectivity index (χ0n) is 8.84. The molecule has 0 rings (SSSR count). The average molecular weight is 169 g/mol. The van der Waals surface area contributed by atoms with Crippen LogP contribution in [0.2, 0.25) is 0 Å². The van der Waals surface area contributed by atoms with Crippen LogP contribution in [0.25, 0.3) is 0 Å². The Balaban J connectivity index is 3.75. The molecular weight excluding hydrogens is 146 g/mol. The first-order valence-corrected chi connectivity index (χ1v) is 5.22. The molecule has 0 aliphatic carbocycles. The van der Waals surface area contributed by atoms with Gasteiger partial charge < -0.3 is 0 Å². The topological polar surface area (TPSA) is 12.4 Å². The summed E-state index contributed by atoms with van der Waals surface area (Å²) in [6.45, 7) is 10.3. The minimum Gasteiger partial charge on any atom is -0.298 e. The lowest BCUT2D eigenvalue weighted by atomic mass is 9.91. The van der Waals surface area contributed by atoms with Crippen LogP contribution in [0.1, 0.15) is 52.9 Å². The van der Waals surface area contributed by atoms with Gasteiger partial charge >= 0.3 is 0 Å². The molecule has 0 saturated carbocycles. The number of hydrogen-bond donors (Lipinski definition) is 0. The second-order valence-corrected chi connectivity index (χ2v) is 3.61. The fraction of sp³-hybridized carbons (Fsp3) is 0.909. The van der Waals surface area contributed by atoms with E-state index in [1.807, 2.05) is 0 Å². The van der Waals surface area contributed by atoms with Crippen molar-refractivity contribution in [2.24, 2.45) is 10.9 Å². The van der Waals surface area contributed by atoms with Crippen molar-refractivity contribution in [3.05, 3.63) is 0 Å². The van der Waals surface area contributed by atoms with E-state index >= 15 is 0 Å². The highest BCUT2D eigenvalue weighted by Crippen LogP contribution is 2.20. The van der Waals surface area contributed by atoms with E-state index in [4.69, 9.17) is 0 Å². The van der Waals surface area contributed by atoms with Gasteiger partial charge in [-0.2, -0.15) is 0 Å². The lowest BCUT2D eigenvalue weighted by Gasteiger charge is -2.19. The summed E-state index contributed by atoms with van der Waals surface area (Å²) in [6.07, 6.45) is 6.54. The SMILES string of the molecule is C=NC(C)C(CCC)CCCC. The Morgan fingerprint density at radius 3 is 2.25 bits per heavy atom. The van der Waals surface area contributed by atoms with Gasteiger partial charge in [0.15, 0.2) is 0 Å². The minimum absolute atomic E-state index is 0.455. The standard InChI is InChI=1S/C11H23N/c1-5-7-9-11(8-6-2)10(3)12-4/h10-11H,4-9H2,1-3H3. The molecule has 0 N–H and O–H groups in total. The molecule has 0 saturated heterocycles. The van der Waals surface area contributed by atoms with E-state index in [1.165, 1.54) is 32.1 Å². The summed E-state index contributed by atoms with van der Waals surface area (Å²) in [5, 5.41) is 0. The van der Waals surface area contributed by atoms with Crippen LogP contribution in [-0.2, 0) is 0 Å². The summed E-state index contributed by atoms with van der Waals surface area (Å²) in [4.78, 5) is 4.11. The van der Waals surface area contributed by atoms with E-state index in [1.54, 1.807) is 0 Å². The largest absolute Gasteiger partial charge is 0.298 e. The molecule has 0 amide bonds. The van der Waals surface area contributed by atoms with Crippen molar-refractivity contribution in [3.63, 3.8) is 0 Å². The maximum absolute atomic E-state index is 4.11. The first-order valence-electron chi connectivity index (χ1n) is 5.22. The Morgan fingerprint density at radius 1 is 1.17 bits per heavy atom. The monoisotopic (exact) mass is 169 g/mol. The van der Waals surface area contributed by atoms with E-state index in [0.29, 0.717) is 6.04 Å². The molecule has 0 aromatic rings. The van der Waals surface area contributed by atoms with E-state index in [-0.39, 0.29) is 0 Å². The van der Waals surface area contributed by atoms with E-state index < -0.39 is 0 Å². The van der Waals surface area contributed by atoms with Crippen molar-refractivity contribution in [2.45, 2.75) is 58.9 Å². The Hall–Kier alpha value is -0.330. The van der Waals surface area contributed by atoms with Crippen molar-refractivity contribution in [1.29, 1.82) is 0 Å². The van der Waals surface area contributed by atoms with Gasteiger partial charge in [-0.05, 0) is 32.4 Å². The van der Waals surface area contributed by atoms with Crippen LogP contribution in [-0.4, -0.2) is 12.8 Å². The average Bonchev–Trinajstić information content (AvgIpc) is 2.11. The van der Waals surface area contributed by atoms with Gasteiger partial charge in [0.05, 0.1) is 0 Å². The molecule has 0 aliphatic rings. The Kier molecular flexibility index (Phi) is 7.12. The van der Waals surface area contributed by atoms with Crippen LogP contribution in [0, 0.1) is 5.92 Å². The van der Waals surface area contributed by atoms with E-state index in [9.17, 15) is 0 Å². The van der Waals surface area contributed by atoms with Crippen LogP contribution in [0.4, 0.5) is 0 Å². The normalized spacial score (nSPS) is 15.6. The first-order chi connectivity index (χ1) is 5.76. The predicted molar refractivity (Wildman–Crippen MR) is 56.9 cm³/mol. The maximum atomic E-state index is 4.11. The third kappa shape index (κ3) is 4.53. The Labute approximate surface area is 77.3 Å². The Morgan fingerprint density at radius 2 is 1.83 bits per heavy atom. The van der Waals surface area contributed by atoms with E-state index in [0.717, 1.165) is 5.92 Å². The summed E-state index contributed by atoms with van der Waals surface area (Å²) < 4.78 is 0. The molecule has 0 aromatic carbocycles. The molecule has 0 spiro atoms. The molecule has 12 heavy (non-hydrogen) atoms. The van der Waals surface area contributed by atoms with Crippen LogP contribution >= 0.6 is 0 Å². The number of rotatable bonds is 7. The van der Waals surface area contributed by atoms with Crippen LogP contribution in [0.15, 0.2) is 4.99 Å². The summed E-state index contributed by atoms with van der Waals surface area (Å²) >= 11 is 0. The summed E-state index contributed by atoms with van der Waals surface area (Å²) in [5.74, 6) is 0.771. The third-order valence-electron chi connectivity index (χ3n) is 2.56. The fourth-order valence-electron chi connectivity index (χ4n) is 1.61. The lowest BCUT2D eigenvalue weighted by molar-refractivity contribution is 0.374. The molecule has 1 nitrogen and oxygen atoms in total. The fourth-order valence-corrected chi connectivity index (χ4v) is 1.61. The lowest BCUT2D eigenvalue weighted by Crippen LogP contribution is -2.14. The molecule has 0 aromatic heterocycles. The van der Waals surface area contributed by atoms with Gasteiger partial charge in [-0.15, -0.1) is 0 Å². The maximum Gasteiger partial charge on any atom is 0.0492 e. The van der Waals surface area contributed by atoms with Crippen LogP contribution in [0.3, 0.4) is 0 Å². The molecule has 2 atom stereocenters. The van der Waals surface area contributed by atoms with E-state index in [2.05, 4.69) is 32.5 Å². The smallest absolute Gasteiger partial charge is 0.0492 e. The van der Waals surface area contributed by atoms with Crippen molar-refractivity contribution >= 4 is 6.72 Å². The van der Waals surface area contributed by atoms with Crippen LogP contribution < -0.4 is 0 Å². The highest BCUT2D eigenvalue weighted by molar-refractivity contribution is 5.24. The Bertz CT molecular complexity index is 110. The first kappa shape index (κ1) is 11.7. The van der Waals surface area contributed by atoms with Gasteiger partial charge in [0, 0.05) is 6.04 Å². The highest BCUT2D eigenvalue weighted by Gasteiger charge is 2.13. The second kappa shape index (κ2) is 7.33. The summed E-state index contributed by atoms with van der Waals surface area (Å²) in [5.41, 5.74) is 0.